The van der Waals surface area contributed by atoms with Gasteiger partial charge in [0.15, 0.2) is 0 Å². The maximum absolute atomic E-state index is 11.2. The van der Waals surface area contributed by atoms with Gasteiger partial charge >= 0.3 is 0 Å². The fourth-order valence-corrected chi connectivity index (χ4v) is 2.55. The Balaban J connectivity index is 1.58. The topological polar surface area (TPSA) is 64.2 Å². The first kappa shape index (κ1) is 12.9. The molecule has 2 aromatic rings. The number of hydrogen-bond acceptors (Lipinski definition) is 3. The Kier molecular flexibility index (Phi) is 3.28. The minimum absolute atomic E-state index is 0.375. The number of likely N-dealkylation sites (tertiary alicyclic amines) is 1. The lowest BCUT2D eigenvalue weighted by Crippen LogP contribution is -2.47. The number of benzene rings is 1. The first-order valence-corrected chi connectivity index (χ1v) is 6.73. The number of aromatic nitrogens is 2. The first-order valence-electron chi connectivity index (χ1n) is 6.73. The lowest BCUT2D eigenvalue weighted by molar-refractivity contribution is 0.0907. The van der Waals surface area contributed by atoms with E-state index in [-0.39, 0.29) is 5.91 Å². The van der Waals surface area contributed by atoms with Crippen LogP contribution in [-0.2, 0) is 6.54 Å². The van der Waals surface area contributed by atoms with Crippen LogP contribution >= 0.6 is 0 Å². The Labute approximate surface area is 118 Å². The van der Waals surface area contributed by atoms with E-state index in [0.29, 0.717) is 11.6 Å². The number of hydrogen-bond donors (Lipinski definition) is 1. The average Bonchev–Trinajstić information content (AvgIpc) is 2.80. The molecule has 2 N–H and O–H groups in total. The molecule has 104 valence electrons. The summed E-state index contributed by atoms with van der Waals surface area (Å²) in [4.78, 5) is 13.5. The highest BCUT2D eigenvalue weighted by molar-refractivity contribution is 5.92. The highest BCUT2D eigenvalue weighted by Crippen LogP contribution is 2.23. The minimum Gasteiger partial charge on any atom is -0.366 e. The summed E-state index contributed by atoms with van der Waals surface area (Å²) >= 11 is 0. The van der Waals surface area contributed by atoms with Gasteiger partial charge in [-0.05, 0) is 30.2 Å². The average molecular weight is 270 g/mol. The molecule has 1 aliphatic heterocycles. The largest absolute Gasteiger partial charge is 0.366 e. The molecular weight excluding hydrogens is 252 g/mol. The Morgan fingerprint density at radius 3 is 2.90 bits per heavy atom. The van der Waals surface area contributed by atoms with Gasteiger partial charge in [0.05, 0.1) is 12.2 Å². The van der Waals surface area contributed by atoms with Gasteiger partial charge in [0.1, 0.15) is 0 Å². The van der Waals surface area contributed by atoms with Crippen molar-refractivity contribution in [1.29, 1.82) is 0 Å². The number of primary amides is 1. The zero-order chi connectivity index (χ0) is 14.1. The van der Waals surface area contributed by atoms with E-state index in [4.69, 9.17) is 5.73 Å². The van der Waals surface area contributed by atoms with E-state index >= 15 is 0 Å². The molecule has 1 aromatic carbocycles. The molecule has 3 rings (SSSR count). The summed E-state index contributed by atoms with van der Waals surface area (Å²) in [5.74, 6) is -0.375. The Hall–Kier alpha value is -2.14. The fraction of sp³-hybridized carbons (Fsp3) is 0.333. The maximum atomic E-state index is 11.2. The van der Waals surface area contributed by atoms with Gasteiger partial charge in [0.25, 0.3) is 0 Å². The highest BCUT2D eigenvalue weighted by atomic mass is 16.1. The zero-order valence-corrected chi connectivity index (χ0v) is 11.5. The molecule has 0 aliphatic carbocycles. The van der Waals surface area contributed by atoms with Crippen LogP contribution in [-0.4, -0.2) is 33.7 Å². The summed E-state index contributed by atoms with van der Waals surface area (Å²) in [6.07, 6.45) is 3.97. The second-order valence-corrected chi connectivity index (χ2v) is 5.41. The second kappa shape index (κ2) is 5.09. The lowest BCUT2D eigenvalue weighted by atomic mass is 10.1. The summed E-state index contributed by atoms with van der Waals surface area (Å²) < 4.78 is 2.03. The molecule has 0 atom stereocenters. The highest BCUT2D eigenvalue weighted by Gasteiger charge is 2.28. The molecule has 0 spiro atoms. The monoisotopic (exact) mass is 270 g/mol. The number of nitrogens with two attached hydrogens (primary N) is 1. The first-order chi connectivity index (χ1) is 9.61. The normalized spacial score (nSPS) is 16.1. The van der Waals surface area contributed by atoms with E-state index < -0.39 is 0 Å². The summed E-state index contributed by atoms with van der Waals surface area (Å²) in [5, 5.41) is 4.35. The smallest absolute Gasteiger partial charge is 0.248 e. The van der Waals surface area contributed by atoms with Crippen molar-refractivity contribution < 1.29 is 4.79 Å². The maximum Gasteiger partial charge on any atom is 0.248 e. The predicted molar refractivity (Wildman–Crippen MR) is 76.2 cm³/mol. The second-order valence-electron chi connectivity index (χ2n) is 5.41. The number of carbonyl (C=O) groups is 1. The van der Waals surface area contributed by atoms with Gasteiger partial charge in [-0.2, -0.15) is 5.10 Å². The van der Waals surface area contributed by atoms with Crippen LogP contribution in [0.1, 0.15) is 27.5 Å². The van der Waals surface area contributed by atoms with Crippen LogP contribution in [0.25, 0.3) is 0 Å². The molecule has 5 nitrogen and oxygen atoms in total. The molecule has 2 heterocycles. The Bertz CT molecular complexity index is 628. The SMILES string of the molecule is Cc1cnn(C2CN(Cc3cccc(C(N)=O)c3)C2)c1. The van der Waals surface area contributed by atoms with E-state index in [1.165, 1.54) is 5.56 Å². The van der Waals surface area contributed by atoms with E-state index in [1.807, 2.05) is 29.1 Å². The minimum atomic E-state index is -0.375. The van der Waals surface area contributed by atoms with Crippen molar-refractivity contribution >= 4 is 5.91 Å². The molecule has 0 unspecified atom stereocenters. The van der Waals surface area contributed by atoms with Crippen LogP contribution in [0.3, 0.4) is 0 Å². The van der Waals surface area contributed by atoms with E-state index in [1.54, 1.807) is 6.07 Å². The lowest BCUT2D eigenvalue weighted by Gasteiger charge is -2.39. The third kappa shape index (κ3) is 2.58. The van der Waals surface area contributed by atoms with Crippen LogP contribution in [0.2, 0.25) is 0 Å². The molecule has 1 fully saturated rings. The van der Waals surface area contributed by atoms with E-state index in [9.17, 15) is 4.79 Å². The standard InChI is InChI=1S/C15H18N4O/c1-11-6-17-19(7-11)14-9-18(10-14)8-12-3-2-4-13(5-12)15(16)20/h2-7,14H,8-10H2,1H3,(H2,16,20). The Morgan fingerprint density at radius 2 is 2.25 bits per heavy atom. The number of carbonyl (C=O) groups excluding carboxylic acids is 1. The molecule has 20 heavy (non-hydrogen) atoms. The van der Waals surface area contributed by atoms with Gasteiger partial charge in [-0.15, -0.1) is 0 Å². The third-order valence-electron chi connectivity index (χ3n) is 3.66. The van der Waals surface area contributed by atoms with Crippen molar-refractivity contribution in [2.24, 2.45) is 5.73 Å². The van der Waals surface area contributed by atoms with Gasteiger partial charge in [-0.3, -0.25) is 14.4 Å². The van der Waals surface area contributed by atoms with Gasteiger partial charge < -0.3 is 5.73 Å². The van der Waals surface area contributed by atoms with Crippen molar-refractivity contribution in [3.63, 3.8) is 0 Å². The van der Waals surface area contributed by atoms with Crippen LogP contribution in [0.4, 0.5) is 0 Å². The summed E-state index contributed by atoms with van der Waals surface area (Å²) in [6.45, 7) is 4.87. The quantitative estimate of drug-likeness (QED) is 0.912. The van der Waals surface area contributed by atoms with E-state index in [0.717, 1.165) is 25.2 Å². The fourth-order valence-electron chi connectivity index (χ4n) is 2.55. The molecule has 0 bridgehead atoms. The van der Waals surface area contributed by atoms with Crippen molar-refractivity contribution in [2.75, 3.05) is 13.1 Å². The predicted octanol–water partition coefficient (Wildman–Crippen LogP) is 1.35. The van der Waals surface area contributed by atoms with Crippen LogP contribution in [0.5, 0.6) is 0 Å². The number of amides is 1. The van der Waals surface area contributed by atoms with Gasteiger partial charge in [0.2, 0.25) is 5.91 Å². The van der Waals surface area contributed by atoms with Gasteiger partial charge in [0, 0.05) is 31.4 Å². The molecule has 1 saturated heterocycles. The molecule has 1 aromatic heterocycles. The van der Waals surface area contributed by atoms with Crippen LogP contribution in [0, 0.1) is 6.92 Å². The molecule has 5 heteroatoms. The third-order valence-corrected chi connectivity index (χ3v) is 3.66. The Morgan fingerprint density at radius 1 is 1.45 bits per heavy atom. The van der Waals surface area contributed by atoms with Gasteiger partial charge in [-0.25, -0.2) is 0 Å². The summed E-state index contributed by atoms with van der Waals surface area (Å²) in [7, 11) is 0. The summed E-state index contributed by atoms with van der Waals surface area (Å²) in [5.41, 5.74) is 8.18. The number of nitrogens with zero attached hydrogens (tertiary/aromatic N) is 3. The molecule has 0 saturated carbocycles. The number of aryl methyl sites for hydroxylation is 1. The molecular formula is C15H18N4O. The van der Waals surface area contributed by atoms with Crippen LogP contribution < -0.4 is 5.73 Å². The number of rotatable bonds is 4. The van der Waals surface area contributed by atoms with Crippen LogP contribution in [0.15, 0.2) is 36.7 Å². The van der Waals surface area contributed by atoms with Crippen molar-refractivity contribution in [1.82, 2.24) is 14.7 Å². The van der Waals surface area contributed by atoms with Crippen molar-refractivity contribution in [3.8, 4) is 0 Å². The molecule has 1 amide bonds. The van der Waals surface area contributed by atoms with E-state index in [2.05, 4.69) is 23.1 Å². The van der Waals surface area contributed by atoms with Gasteiger partial charge in [-0.1, -0.05) is 12.1 Å². The van der Waals surface area contributed by atoms with Crippen molar-refractivity contribution in [2.45, 2.75) is 19.5 Å². The molecule has 0 radical (unpaired) electrons. The zero-order valence-electron chi connectivity index (χ0n) is 11.5. The summed E-state index contributed by atoms with van der Waals surface area (Å²) in [6, 6.07) is 7.98. The molecule has 1 aliphatic rings. The van der Waals surface area contributed by atoms with Crippen molar-refractivity contribution in [3.05, 3.63) is 53.3 Å².